The van der Waals surface area contributed by atoms with E-state index in [0.29, 0.717) is 6.54 Å². The highest BCUT2D eigenvalue weighted by Gasteiger charge is 2.12. The molecule has 1 aromatic carbocycles. The first kappa shape index (κ1) is 17.0. The van der Waals surface area contributed by atoms with Crippen LogP contribution in [0.15, 0.2) is 30.3 Å². The number of urea groups is 1. The molecule has 0 fully saturated rings. The highest BCUT2D eigenvalue weighted by Crippen LogP contribution is 2.02. The number of carbonyl (C=O) groups excluding carboxylic acids is 1. The van der Waals surface area contributed by atoms with Crippen LogP contribution in [-0.2, 0) is 11.3 Å². The summed E-state index contributed by atoms with van der Waals surface area (Å²) in [5.41, 5.74) is 1.25. The lowest BCUT2D eigenvalue weighted by molar-refractivity contribution is -0.138. The minimum absolute atomic E-state index is 0.449. The molecule has 116 valence electrons. The van der Waals surface area contributed by atoms with Crippen LogP contribution in [0, 0.1) is 0 Å². The van der Waals surface area contributed by atoms with Gasteiger partial charge in [0.05, 0.1) is 0 Å². The molecule has 0 aliphatic rings. The van der Waals surface area contributed by atoms with Gasteiger partial charge in [0.15, 0.2) is 0 Å². The molecule has 2 amide bonds. The van der Waals surface area contributed by atoms with Gasteiger partial charge in [-0.25, -0.2) is 4.79 Å². The minimum Gasteiger partial charge on any atom is -0.480 e. The molecule has 0 aliphatic heterocycles. The van der Waals surface area contributed by atoms with Gasteiger partial charge in [-0.2, -0.15) is 0 Å². The minimum atomic E-state index is -1.05. The molecule has 0 heterocycles. The summed E-state index contributed by atoms with van der Waals surface area (Å²) < 4.78 is 0. The van der Waals surface area contributed by atoms with Crippen LogP contribution in [0.3, 0.4) is 0 Å². The van der Waals surface area contributed by atoms with Crippen LogP contribution in [0.25, 0.3) is 0 Å². The smallest absolute Gasteiger partial charge is 0.325 e. The topological polar surface area (TPSA) is 81.7 Å². The van der Waals surface area contributed by atoms with Crippen molar-refractivity contribution in [1.29, 1.82) is 0 Å². The number of hydrogen-bond donors (Lipinski definition) is 3. The number of aliphatic carboxylic acids is 1. The number of carboxylic acid groups (broad SMARTS) is 1. The van der Waals surface area contributed by atoms with Crippen molar-refractivity contribution < 1.29 is 14.7 Å². The van der Waals surface area contributed by atoms with E-state index in [1.807, 2.05) is 25.2 Å². The lowest BCUT2D eigenvalue weighted by Gasteiger charge is -2.17. The van der Waals surface area contributed by atoms with Gasteiger partial charge in [-0.15, -0.1) is 0 Å². The second-order valence-corrected chi connectivity index (χ2v) is 5.04. The molecule has 0 saturated heterocycles. The number of hydrogen-bond acceptors (Lipinski definition) is 3. The monoisotopic (exact) mass is 293 g/mol. The molecule has 1 rings (SSSR count). The van der Waals surface area contributed by atoms with E-state index in [2.05, 4.69) is 27.7 Å². The molecule has 0 aliphatic carbocycles. The van der Waals surface area contributed by atoms with Gasteiger partial charge in [-0.05, 0) is 32.5 Å². The van der Waals surface area contributed by atoms with Gasteiger partial charge >= 0.3 is 12.0 Å². The van der Waals surface area contributed by atoms with Crippen molar-refractivity contribution in [3.63, 3.8) is 0 Å². The molecule has 6 nitrogen and oxygen atoms in total. The van der Waals surface area contributed by atoms with Crippen molar-refractivity contribution in [1.82, 2.24) is 15.5 Å². The largest absolute Gasteiger partial charge is 0.480 e. The number of carbonyl (C=O) groups is 2. The molecule has 0 bridgehead atoms. The predicted octanol–water partition coefficient (Wildman–Crippen LogP) is 1.28. The van der Waals surface area contributed by atoms with Crippen LogP contribution < -0.4 is 10.6 Å². The third kappa shape index (κ3) is 7.31. The fraction of sp³-hybridized carbons (Fsp3) is 0.467. The summed E-state index contributed by atoms with van der Waals surface area (Å²) >= 11 is 0. The summed E-state index contributed by atoms with van der Waals surface area (Å²) in [6.07, 6.45) is 0.804. The van der Waals surface area contributed by atoms with Crippen LogP contribution >= 0.6 is 0 Å². The maximum Gasteiger partial charge on any atom is 0.325 e. The molecule has 0 aromatic heterocycles. The Morgan fingerprint density at radius 2 is 1.95 bits per heavy atom. The first-order valence-corrected chi connectivity index (χ1v) is 6.98. The quantitative estimate of drug-likeness (QED) is 0.631. The molecule has 3 N–H and O–H groups in total. The Morgan fingerprint density at radius 3 is 2.57 bits per heavy atom. The number of carboxylic acids is 1. The highest BCUT2D eigenvalue weighted by molar-refractivity contribution is 5.82. The van der Waals surface area contributed by atoms with E-state index in [-0.39, 0.29) is 0 Å². The van der Waals surface area contributed by atoms with Crippen LogP contribution in [0.2, 0.25) is 0 Å². The zero-order valence-corrected chi connectivity index (χ0v) is 12.5. The Balaban J connectivity index is 2.13. The number of rotatable bonds is 8. The summed E-state index contributed by atoms with van der Waals surface area (Å²) in [5.74, 6) is -1.05. The van der Waals surface area contributed by atoms with Crippen molar-refractivity contribution in [2.45, 2.75) is 25.9 Å². The van der Waals surface area contributed by atoms with Gasteiger partial charge in [-0.3, -0.25) is 4.79 Å². The molecule has 6 heteroatoms. The maximum absolute atomic E-state index is 11.4. The van der Waals surface area contributed by atoms with Crippen molar-refractivity contribution in [2.24, 2.45) is 0 Å². The Bertz CT molecular complexity index is 451. The molecule has 0 radical (unpaired) electrons. The van der Waals surface area contributed by atoms with Gasteiger partial charge in [-0.1, -0.05) is 30.3 Å². The summed E-state index contributed by atoms with van der Waals surface area (Å²) in [6.45, 7) is 3.65. The third-order valence-corrected chi connectivity index (χ3v) is 3.02. The standard InChI is InChI=1S/C15H23N3O3/c1-12(14(19)20)17-15(21)16-9-6-10-18(2)11-13-7-4-3-5-8-13/h3-5,7-8,12H,6,9-11H2,1-2H3,(H,19,20)(H2,16,17,21)/t12-/m0/s1. The van der Waals surface area contributed by atoms with E-state index < -0.39 is 18.0 Å². The van der Waals surface area contributed by atoms with Gasteiger partial charge in [0.1, 0.15) is 6.04 Å². The van der Waals surface area contributed by atoms with E-state index in [1.54, 1.807) is 0 Å². The number of nitrogens with one attached hydrogen (secondary N) is 2. The Hall–Kier alpha value is -2.08. The molecule has 21 heavy (non-hydrogen) atoms. The van der Waals surface area contributed by atoms with Crippen molar-refractivity contribution in [2.75, 3.05) is 20.1 Å². The van der Waals surface area contributed by atoms with Crippen LogP contribution in [-0.4, -0.2) is 48.2 Å². The summed E-state index contributed by atoms with van der Waals surface area (Å²) in [7, 11) is 2.03. The Labute approximate surface area is 125 Å². The zero-order valence-electron chi connectivity index (χ0n) is 12.5. The molecule has 0 saturated carbocycles. The molecular formula is C15H23N3O3. The normalized spacial score (nSPS) is 12.0. The first-order chi connectivity index (χ1) is 9.99. The van der Waals surface area contributed by atoms with E-state index in [4.69, 9.17) is 5.11 Å². The molecule has 1 aromatic rings. The maximum atomic E-state index is 11.4. The lowest BCUT2D eigenvalue weighted by atomic mass is 10.2. The second-order valence-electron chi connectivity index (χ2n) is 5.04. The molecule has 0 spiro atoms. The van der Waals surface area contributed by atoms with Gasteiger partial charge in [0, 0.05) is 13.1 Å². The van der Waals surface area contributed by atoms with Crippen molar-refractivity contribution in [3.05, 3.63) is 35.9 Å². The van der Waals surface area contributed by atoms with Gasteiger partial charge in [0.25, 0.3) is 0 Å². The average Bonchev–Trinajstić information content (AvgIpc) is 2.44. The van der Waals surface area contributed by atoms with Crippen molar-refractivity contribution in [3.8, 4) is 0 Å². The Kier molecular flexibility index (Phi) is 7.25. The van der Waals surface area contributed by atoms with E-state index in [9.17, 15) is 9.59 Å². The van der Waals surface area contributed by atoms with Crippen molar-refractivity contribution >= 4 is 12.0 Å². The number of benzene rings is 1. The zero-order chi connectivity index (χ0) is 15.7. The van der Waals surface area contributed by atoms with Crippen LogP contribution in [0.5, 0.6) is 0 Å². The van der Waals surface area contributed by atoms with E-state index in [0.717, 1.165) is 19.5 Å². The molecule has 1 atom stereocenters. The Morgan fingerprint density at radius 1 is 1.29 bits per heavy atom. The van der Waals surface area contributed by atoms with E-state index >= 15 is 0 Å². The second kappa shape index (κ2) is 8.97. The molecular weight excluding hydrogens is 270 g/mol. The summed E-state index contributed by atoms with van der Waals surface area (Å²) in [4.78, 5) is 24.1. The third-order valence-electron chi connectivity index (χ3n) is 3.02. The van der Waals surface area contributed by atoms with Gasteiger partial charge in [0.2, 0.25) is 0 Å². The fourth-order valence-corrected chi connectivity index (χ4v) is 1.83. The first-order valence-electron chi connectivity index (χ1n) is 6.98. The summed E-state index contributed by atoms with van der Waals surface area (Å²) in [5, 5.41) is 13.7. The lowest BCUT2D eigenvalue weighted by Crippen LogP contribution is -2.44. The van der Waals surface area contributed by atoms with Crippen LogP contribution in [0.1, 0.15) is 18.9 Å². The highest BCUT2D eigenvalue weighted by atomic mass is 16.4. The predicted molar refractivity (Wildman–Crippen MR) is 81.0 cm³/mol. The number of nitrogens with zero attached hydrogens (tertiary/aromatic N) is 1. The van der Waals surface area contributed by atoms with E-state index in [1.165, 1.54) is 12.5 Å². The van der Waals surface area contributed by atoms with Gasteiger partial charge < -0.3 is 20.6 Å². The molecule has 0 unspecified atom stereocenters. The average molecular weight is 293 g/mol. The summed E-state index contributed by atoms with van der Waals surface area (Å²) in [6, 6.07) is 8.84. The SMILES string of the molecule is C[C@H](NC(=O)NCCCN(C)Cc1ccccc1)C(=O)O. The fourth-order valence-electron chi connectivity index (χ4n) is 1.83. The number of amides is 2. The van der Waals surface area contributed by atoms with Crippen LogP contribution in [0.4, 0.5) is 4.79 Å².